The van der Waals surface area contributed by atoms with Crippen LogP contribution in [0.5, 0.6) is 0 Å². The maximum absolute atomic E-state index is 10.3. The fourth-order valence-corrected chi connectivity index (χ4v) is 0.712. The van der Waals surface area contributed by atoms with E-state index in [0.717, 1.165) is 0 Å². The molecule has 0 radical (unpaired) electrons. The van der Waals surface area contributed by atoms with Crippen molar-refractivity contribution in [3.05, 3.63) is 0 Å². The molecule has 0 fully saturated rings. The lowest BCUT2D eigenvalue weighted by molar-refractivity contribution is -0.139. The third-order valence-corrected chi connectivity index (χ3v) is 1.21. The minimum atomic E-state index is -0.892. The maximum Gasteiger partial charge on any atom is 0.322 e. The van der Waals surface area contributed by atoms with Crippen LogP contribution in [0.3, 0.4) is 0 Å². The summed E-state index contributed by atoms with van der Waals surface area (Å²) < 4.78 is 0. The number of carbonyl (C=O) groups is 1. The highest BCUT2D eigenvalue weighted by molar-refractivity contribution is 5.73. The Kier molecular flexibility index (Phi) is 3.99. The highest BCUT2D eigenvalue weighted by Crippen LogP contribution is 2.03. The molecule has 0 rings (SSSR count). The molecule has 0 amide bonds. The molecule has 60 valence electrons. The molecule has 0 heterocycles. The molecule has 4 nitrogen and oxygen atoms in total. The van der Waals surface area contributed by atoms with Gasteiger partial charge in [0, 0.05) is 0 Å². The SMILES string of the molecule is CC(C)C[C@H](NN)C(=O)O. The fraction of sp³-hybridized carbons (Fsp3) is 0.833. The molecule has 0 spiro atoms. The number of carboxylic acid groups (broad SMARTS) is 1. The number of hydrogen-bond acceptors (Lipinski definition) is 3. The van der Waals surface area contributed by atoms with Crippen molar-refractivity contribution in [1.82, 2.24) is 5.43 Å². The molecule has 0 aliphatic heterocycles. The molecule has 0 unspecified atom stereocenters. The number of nitrogens with two attached hydrogens (primary N) is 1. The summed E-state index contributed by atoms with van der Waals surface area (Å²) >= 11 is 0. The lowest BCUT2D eigenvalue weighted by Crippen LogP contribution is -2.42. The Balaban J connectivity index is 3.72. The number of carboxylic acids is 1. The lowest BCUT2D eigenvalue weighted by Gasteiger charge is -2.12. The van der Waals surface area contributed by atoms with Gasteiger partial charge in [-0.3, -0.25) is 10.6 Å². The van der Waals surface area contributed by atoms with Crippen LogP contribution in [0.1, 0.15) is 20.3 Å². The van der Waals surface area contributed by atoms with Gasteiger partial charge in [0.1, 0.15) is 6.04 Å². The second kappa shape index (κ2) is 4.24. The number of rotatable bonds is 4. The Labute approximate surface area is 60.4 Å². The predicted octanol–water partition coefficient (Wildman–Crippen LogP) is -0.0510. The first kappa shape index (κ1) is 9.39. The molecule has 0 aliphatic rings. The third kappa shape index (κ3) is 3.42. The molecule has 0 aromatic rings. The Morgan fingerprint density at radius 1 is 1.70 bits per heavy atom. The van der Waals surface area contributed by atoms with E-state index in [4.69, 9.17) is 10.9 Å². The summed E-state index contributed by atoms with van der Waals surface area (Å²) in [4.78, 5) is 10.3. The van der Waals surface area contributed by atoms with Gasteiger partial charge in [0.2, 0.25) is 0 Å². The first-order valence-electron chi connectivity index (χ1n) is 3.26. The van der Waals surface area contributed by atoms with Crippen LogP contribution < -0.4 is 11.3 Å². The first-order valence-corrected chi connectivity index (χ1v) is 3.26. The van der Waals surface area contributed by atoms with Crippen molar-refractivity contribution in [3.63, 3.8) is 0 Å². The van der Waals surface area contributed by atoms with Crippen molar-refractivity contribution in [2.75, 3.05) is 0 Å². The van der Waals surface area contributed by atoms with E-state index in [1.165, 1.54) is 0 Å². The molecule has 0 aliphatic carbocycles. The van der Waals surface area contributed by atoms with Crippen LogP contribution in [0, 0.1) is 5.92 Å². The van der Waals surface area contributed by atoms with Crippen molar-refractivity contribution >= 4 is 5.97 Å². The second-order valence-corrected chi connectivity index (χ2v) is 2.69. The Bertz CT molecular complexity index is 114. The van der Waals surface area contributed by atoms with Gasteiger partial charge in [-0.05, 0) is 12.3 Å². The molecule has 10 heavy (non-hydrogen) atoms. The van der Waals surface area contributed by atoms with Crippen LogP contribution in [-0.2, 0) is 4.79 Å². The van der Waals surface area contributed by atoms with Crippen molar-refractivity contribution < 1.29 is 9.90 Å². The van der Waals surface area contributed by atoms with E-state index in [-0.39, 0.29) is 0 Å². The summed E-state index contributed by atoms with van der Waals surface area (Å²) in [5.41, 5.74) is 2.23. The molecule has 0 aromatic heterocycles. The van der Waals surface area contributed by atoms with Gasteiger partial charge in [-0.2, -0.15) is 0 Å². The van der Waals surface area contributed by atoms with Gasteiger partial charge in [0.25, 0.3) is 0 Å². The summed E-state index contributed by atoms with van der Waals surface area (Å²) in [6.07, 6.45) is 0.561. The molecule has 4 heteroatoms. The van der Waals surface area contributed by atoms with Crippen molar-refractivity contribution in [2.24, 2.45) is 11.8 Å². The molecule has 0 bridgehead atoms. The molecule has 1 atom stereocenters. The van der Waals surface area contributed by atoms with Crippen molar-refractivity contribution in [2.45, 2.75) is 26.3 Å². The minimum Gasteiger partial charge on any atom is -0.480 e. The van der Waals surface area contributed by atoms with Crippen molar-refractivity contribution in [3.8, 4) is 0 Å². The standard InChI is InChI=1S/C6H14N2O2/c1-4(2)3-5(8-7)6(9)10/h4-5,8H,3,7H2,1-2H3,(H,9,10)/t5-/m0/s1. The summed E-state index contributed by atoms with van der Waals surface area (Å²) in [5, 5.41) is 8.48. The normalized spacial score (nSPS) is 13.6. The molecule has 0 saturated heterocycles. The Morgan fingerprint density at radius 2 is 2.20 bits per heavy atom. The number of nitrogens with one attached hydrogen (secondary N) is 1. The van der Waals surface area contributed by atoms with Crippen LogP contribution in [-0.4, -0.2) is 17.1 Å². The van der Waals surface area contributed by atoms with Gasteiger partial charge in [0.05, 0.1) is 0 Å². The first-order chi connectivity index (χ1) is 4.57. The van der Waals surface area contributed by atoms with Gasteiger partial charge >= 0.3 is 5.97 Å². The predicted molar refractivity (Wildman–Crippen MR) is 38.2 cm³/mol. The smallest absolute Gasteiger partial charge is 0.322 e. The lowest BCUT2D eigenvalue weighted by atomic mass is 10.0. The van der Waals surface area contributed by atoms with Crippen LogP contribution in [0.2, 0.25) is 0 Å². The van der Waals surface area contributed by atoms with E-state index in [2.05, 4.69) is 5.43 Å². The zero-order valence-corrected chi connectivity index (χ0v) is 6.29. The van der Waals surface area contributed by atoms with E-state index < -0.39 is 12.0 Å². The molecule has 4 N–H and O–H groups in total. The van der Waals surface area contributed by atoms with Crippen LogP contribution in [0.15, 0.2) is 0 Å². The van der Waals surface area contributed by atoms with Crippen molar-refractivity contribution in [1.29, 1.82) is 0 Å². The summed E-state index contributed by atoms with van der Waals surface area (Å²) in [5.74, 6) is 4.44. The topological polar surface area (TPSA) is 75.3 Å². The highest BCUT2D eigenvalue weighted by Gasteiger charge is 2.15. The van der Waals surface area contributed by atoms with E-state index in [1.54, 1.807) is 0 Å². The van der Waals surface area contributed by atoms with Gasteiger partial charge in [-0.25, -0.2) is 5.43 Å². The summed E-state index contributed by atoms with van der Waals surface area (Å²) in [7, 11) is 0. The number of aliphatic carboxylic acids is 1. The van der Waals surface area contributed by atoms with Crippen LogP contribution in [0.4, 0.5) is 0 Å². The molecular formula is C6H14N2O2. The van der Waals surface area contributed by atoms with E-state index in [1.807, 2.05) is 13.8 Å². The fourth-order valence-electron chi connectivity index (χ4n) is 0.712. The second-order valence-electron chi connectivity index (χ2n) is 2.69. The molecule has 0 aromatic carbocycles. The summed E-state index contributed by atoms with van der Waals surface area (Å²) in [6.45, 7) is 3.90. The zero-order chi connectivity index (χ0) is 8.15. The van der Waals surface area contributed by atoms with Gasteiger partial charge in [0.15, 0.2) is 0 Å². The Morgan fingerprint density at radius 3 is 2.30 bits per heavy atom. The van der Waals surface area contributed by atoms with E-state index in [0.29, 0.717) is 12.3 Å². The van der Waals surface area contributed by atoms with E-state index >= 15 is 0 Å². The van der Waals surface area contributed by atoms with Crippen LogP contribution >= 0.6 is 0 Å². The average molecular weight is 146 g/mol. The quantitative estimate of drug-likeness (QED) is 0.384. The zero-order valence-electron chi connectivity index (χ0n) is 6.29. The molecular weight excluding hydrogens is 132 g/mol. The van der Waals surface area contributed by atoms with Gasteiger partial charge in [-0.15, -0.1) is 0 Å². The molecule has 0 saturated carbocycles. The maximum atomic E-state index is 10.3. The number of hydrazine groups is 1. The largest absolute Gasteiger partial charge is 0.480 e. The van der Waals surface area contributed by atoms with Gasteiger partial charge in [-0.1, -0.05) is 13.8 Å². The highest BCUT2D eigenvalue weighted by atomic mass is 16.4. The average Bonchev–Trinajstić information content (AvgIpc) is 1.81. The third-order valence-electron chi connectivity index (χ3n) is 1.21. The summed E-state index contributed by atoms with van der Waals surface area (Å²) in [6, 6.07) is -0.611. The van der Waals surface area contributed by atoms with Gasteiger partial charge < -0.3 is 5.11 Å². The monoisotopic (exact) mass is 146 g/mol. The van der Waals surface area contributed by atoms with E-state index in [9.17, 15) is 4.79 Å². The van der Waals surface area contributed by atoms with Crippen LogP contribution in [0.25, 0.3) is 0 Å². The number of hydrogen-bond donors (Lipinski definition) is 3. The Hall–Kier alpha value is -0.610. The minimum absolute atomic E-state index is 0.345.